The SMILES string of the molecule is C[C@@H](N)c1cccc(F)c1Oc1cc(F)c(Cl)cc1Br. The van der Waals surface area contributed by atoms with Gasteiger partial charge in [0.25, 0.3) is 0 Å². The molecule has 2 aromatic rings. The maximum absolute atomic E-state index is 13.9. The molecule has 2 N–H and O–H groups in total. The van der Waals surface area contributed by atoms with Crippen molar-refractivity contribution in [3.05, 3.63) is 57.0 Å². The molecule has 0 unspecified atom stereocenters. The van der Waals surface area contributed by atoms with Crippen LogP contribution < -0.4 is 10.5 Å². The minimum Gasteiger partial charge on any atom is -0.453 e. The van der Waals surface area contributed by atoms with Crippen molar-refractivity contribution in [2.24, 2.45) is 5.73 Å². The van der Waals surface area contributed by atoms with Crippen LogP contribution in [0, 0.1) is 11.6 Å². The van der Waals surface area contributed by atoms with Gasteiger partial charge in [0.05, 0.1) is 9.50 Å². The molecule has 0 aromatic heterocycles. The summed E-state index contributed by atoms with van der Waals surface area (Å²) in [6, 6.07) is 6.46. The summed E-state index contributed by atoms with van der Waals surface area (Å²) >= 11 is 8.84. The van der Waals surface area contributed by atoms with Crippen LogP contribution in [0.15, 0.2) is 34.8 Å². The van der Waals surface area contributed by atoms with Gasteiger partial charge in [-0.15, -0.1) is 0 Å². The Morgan fingerprint density at radius 2 is 1.95 bits per heavy atom. The largest absolute Gasteiger partial charge is 0.453 e. The molecule has 0 spiro atoms. The Morgan fingerprint density at radius 1 is 1.25 bits per heavy atom. The molecule has 1 atom stereocenters. The molecule has 0 aliphatic heterocycles. The summed E-state index contributed by atoms with van der Waals surface area (Å²) in [5, 5.41) is -0.0508. The second-order valence-electron chi connectivity index (χ2n) is 4.25. The molecule has 106 valence electrons. The molecule has 0 amide bonds. The van der Waals surface area contributed by atoms with Gasteiger partial charge in [-0.1, -0.05) is 23.7 Å². The minimum absolute atomic E-state index is 0.0232. The summed E-state index contributed by atoms with van der Waals surface area (Å²) < 4.78 is 33.2. The Bertz CT molecular complexity index is 649. The maximum atomic E-state index is 13.9. The van der Waals surface area contributed by atoms with E-state index < -0.39 is 17.7 Å². The highest BCUT2D eigenvalue weighted by atomic mass is 79.9. The smallest absolute Gasteiger partial charge is 0.167 e. The third kappa shape index (κ3) is 3.11. The number of nitrogens with two attached hydrogens (primary N) is 1. The number of hydrogen-bond donors (Lipinski definition) is 1. The molecule has 0 heterocycles. The van der Waals surface area contributed by atoms with E-state index in [1.54, 1.807) is 19.1 Å². The summed E-state index contributed by atoms with van der Waals surface area (Å²) in [5.74, 6) is -1.12. The topological polar surface area (TPSA) is 35.2 Å². The van der Waals surface area contributed by atoms with E-state index in [1.807, 2.05) is 0 Å². The van der Waals surface area contributed by atoms with E-state index in [0.717, 1.165) is 6.07 Å². The van der Waals surface area contributed by atoms with Crippen LogP contribution in [0.5, 0.6) is 11.5 Å². The first kappa shape index (κ1) is 15.2. The molecular weight excluding hydrogens is 352 g/mol. The highest BCUT2D eigenvalue weighted by Gasteiger charge is 2.16. The van der Waals surface area contributed by atoms with E-state index in [9.17, 15) is 8.78 Å². The summed E-state index contributed by atoms with van der Waals surface area (Å²) in [6.45, 7) is 1.71. The van der Waals surface area contributed by atoms with Crippen molar-refractivity contribution in [2.45, 2.75) is 13.0 Å². The molecule has 6 heteroatoms. The molecule has 0 bridgehead atoms. The van der Waals surface area contributed by atoms with Gasteiger partial charge < -0.3 is 10.5 Å². The molecule has 2 rings (SSSR count). The van der Waals surface area contributed by atoms with Crippen molar-refractivity contribution >= 4 is 27.5 Å². The number of hydrogen-bond acceptors (Lipinski definition) is 2. The van der Waals surface area contributed by atoms with Crippen molar-refractivity contribution < 1.29 is 13.5 Å². The summed E-state index contributed by atoms with van der Waals surface area (Å²) in [4.78, 5) is 0. The van der Waals surface area contributed by atoms with Crippen molar-refractivity contribution in [3.63, 3.8) is 0 Å². The molecular formula is C14H11BrClF2NO. The molecule has 0 fully saturated rings. The second-order valence-corrected chi connectivity index (χ2v) is 5.51. The Hall–Kier alpha value is -1.17. The fraction of sp³-hybridized carbons (Fsp3) is 0.143. The van der Waals surface area contributed by atoms with Gasteiger partial charge in [0, 0.05) is 17.7 Å². The average molecular weight is 363 g/mol. The van der Waals surface area contributed by atoms with Crippen LogP contribution in [-0.2, 0) is 0 Å². The molecule has 0 aliphatic carbocycles. The Balaban J connectivity index is 2.47. The van der Waals surface area contributed by atoms with Gasteiger partial charge >= 0.3 is 0 Å². The molecule has 0 saturated carbocycles. The van der Waals surface area contributed by atoms with Gasteiger partial charge in [0.15, 0.2) is 11.6 Å². The van der Waals surface area contributed by atoms with Crippen LogP contribution in [0.4, 0.5) is 8.78 Å². The fourth-order valence-electron chi connectivity index (χ4n) is 1.68. The summed E-state index contributed by atoms with van der Waals surface area (Å²) in [7, 11) is 0. The minimum atomic E-state index is -0.649. The molecule has 20 heavy (non-hydrogen) atoms. The summed E-state index contributed by atoms with van der Waals surface area (Å²) in [5.41, 5.74) is 6.27. The normalized spacial score (nSPS) is 12.3. The van der Waals surface area contributed by atoms with Gasteiger partial charge in [-0.25, -0.2) is 8.78 Å². The third-order valence-electron chi connectivity index (χ3n) is 2.67. The van der Waals surface area contributed by atoms with Crippen LogP contribution >= 0.6 is 27.5 Å². The number of benzene rings is 2. The predicted molar refractivity (Wildman–Crippen MR) is 78.2 cm³/mol. The number of ether oxygens (including phenoxy) is 1. The first-order valence-corrected chi connectivity index (χ1v) is 6.93. The molecule has 0 aliphatic rings. The summed E-state index contributed by atoms with van der Waals surface area (Å²) in [6.07, 6.45) is 0. The monoisotopic (exact) mass is 361 g/mol. The van der Waals surface area contributed by atoms with Gasteiger partial charge in [0.1, 0.15) is 11.6 Å². The lowest BCUT2D eigenvalue weighted by atomic mass is 10.1. The van der Waals surface area contributed by atoms with Gasteiger partial charge in [-0.3, -0.25) is 0 Å². The predicted octanol–water partition coefficient (Wildman–Crippen LogP) is 5.19. The van der Waals surface area contributed by atoms with E-state index >= 15 is 0 Å². The van der Waals surface area contributed by atoms with Crippen molar-refractivity contribution in [2.75, 3.05) is 0 Å². The van der Waals surface area contributed by atoms with Gasteiger partial charge in [-0.05, 0) is 35.0 Å². The highest BCUT2D eigenvalue weighted by molar-refractivity contribution is 9.10. The van der Waals surface area contributed by atoms with Crippen LogP contribution in [0.3, 0.4) is 0 Å². The zero-order valence-corrected chi connectivity index (χ0v) is 12.8. The Morgan fingerprint density at radius 3 is 2.60 bits per heavy atom. The second kappa shape index (κ2) is 6.08. The first-order valence-electron chi connectivity index (χ1n) is 5.76. The number of rotatable bonds is 3. The third-order valence-corrected chi connectivity index (χ3v) is 3.58. The van der Waals surface area contributed by atoms with E-state index in [0.29, 0.717) is 10.0 Å². The zero-order chi connectivity index (χ0) is 14.9. The van der Waals surface area contributed by atoms with E-state index in [4.69, 9.17) is 22.1 Å². The molecule has 0 saturated heterocycles. The van der Waals surface area contributed by atoms with Crippen molar-refractivity contribution in [1.82, 2.24) is 0 Å². The molecule has 2 nitrogen and oxygen atoms in total. The van der Waals surface area contributed by atoms with Gasteiger partial charge in [0.2, 0.25) is 0 Å². The van der Waals surface area contributed by atoms with E-state index in [1.165, 1.54) is 12.1 Å². The quantitative estimate of drug-likeness (QED) is 0.762. The number of para-hydroxylation sites is 1. The van der Waals surface area contributed by atoms with E-state index in [-0.39, 0.29) is 16.5 Å². The van der Waals surface area contributed by atoms with Crippen LogP contribution in [0.1, 0.15) is 18.5 Å². The van der Waals surface area contributed by atoms with Crippen molar-refractivity contribution in [3.8, 4) is 11.5 Å². The van der Waals surface area contributed by atoms with Gasteiger partial charge in [-0.2, -0.15) is 0 Å². The standard InChI is InChI=1S/C14H11BrClF2NO/c1-7(19)8-3-2-4-11(17)14(8)20-13-6-12(18)10(16)5-9(13)15/h2-7H,19H2,1H3/t7-/m1/s1. The number of halogens is 4. The maximum Gasteiger partial charge on any atom is 0.167 e. The zero-order valence-electron chi connectivity index (χ0n) is 10.5. The first-order chi connectivity index (χ1) is 9.40. The highest BCUT2D eigenvalue weighted by Crippen LogP contribution is 2.37. The molecule has 2 aromatic carbocycles. The van der Waals surface area contributed by atoms with Crippen LogP contribution in [-0.4, -0.2) is 0 Å². The van der Waals surface area contributed by atoms with E-state index in [2.05, 4.69) is 15.9 Å². The lowest BCUT2D eigenvalue weighted by Gasteiger charge is -2.15. The van der Waals surface area contributed by atoms with Crippen molar-refractivity contribution in [1.29, 1.82) is 0 Å². The lowest BCUT2D eigenvalue weighted by Crippen LogP contribution is -2.07. The Kier molecular flexibility index (Phi) is 4.62. The molecule has 0 radical (unpaired) electrons. The average Bonchev–Trinajstić information content (AvgIpc) is 2.37. The Labute approximate surface area is 128 Å². The van der Waals surface area contributed by atoms with Crippen LogP contribution in [0.25, 0.3) is 0 Å². The lowest BCUT2D eigenvalue weighted by molar-refractivity contribution is 0.427. The fourth-order valence-corrected chi connectivity index (χ4v) is 2.40. The van der Waals surface area contributed by atoms with Crippen LogP contribution in [0.2, 0.25) is 5.02 Å².